The number of ether oxygens (including phenoxy) is 4. The van der Waals surface area contributed by atoms with E-state index < -0.39 is 30.3 Å². The smallest absolute Gasteiger partial charge is 0.407 e. The molecule has 1 aliphatic carbocycles. The number of hydrogen-bond acceptors (Lipinski definition) is 10. The van der Waals surface area contributed by atoms with Crippen molar-refractivity contribution in [3.05, 3.63) is 70.5 Å². The summed E-state index contributed by atoms with van der Waals surface area (Å²) >= 11 is 13.6. The molecule has 5 aliphatic rings. The van der Waals surface area contributed by atoms with Gasteiger partial charge in [0, 0.05) is 42.2 Å². The van der Waals surface area contributed by atoms with Crippen LogP contribution in [0.25, 0.3) is 33.6 Å². The Morgan fingerprint density at radius 1 is 0.692 bits per heavy atom. The summed E-state index contributed by atoms with van der Waals surface area (Å²) in [6, 6.07) is 13.0. The van der Waals surface area contributed by atoms with E-state index in [1.807, 2.05) is 60.4 Å². The summed E-state index contributed by atoms with van der Waals surface area (Å²) in [6.07, 6.45) is 3.78. The van der Waals surface area contributed by atoms with Crippen molar-refractivity contribution < 1.29 is 38.1 Å². The number of amides is 4. The van der Waals surface area contributed by atoms with Gasteiger partial charge in [-0.2, -0.15) is 0 Å². The average Bonchev–Trinajstić information content (AvgIpc) is 4.09. The fourth-order valence-electron chi connectivity index (χ4n) is 10.0. The van der Waals surface area contributed by atoms with Crippen molar-refractivity contribution in [3.63, 3.8) is 0 Å². The third-order valence-corrected chi connectivity index (χ3v) is 14.1. The maximum Gasteiger partial charge on any atom is 0.407 e. The maximum absolute atomic E-state index is 14.3. The molecular formula is C47H52Cl2N8O8. The second-order valence-corrected chi connectivity index (χ2v) is 18.2. The van der Waals surface area contributed by atoms with E-state index in [2.05, 4.69) is 32.4 Å². The fourth-order valence-corrected chi connectivity index (χ4v) is 10.5. The second-order valence-electron chi connectivity index (χ2n) is 17.4. The summed E-state index contributed by atoms with van der Waals surface area (Å²) in [6.45, 7) is 3.99. The van der Waals surface area contributed by atoms with Crippen molar-refractivity contribution in [1.29, 1.82) is 0 Å². The van der Waals surface area contributed by atoms with Crippen LogP contribution in [0.4, 0.5) is 9.59 Å². The summed E-state index contributed by atoms with van der Waals surface area (Å²) in [5.41, 5.74) is 4.66. The van der Waals surface area contributed by atoms with Crippen LogP contribution in [0.1, 0.15) is 75.6 Å². The summed E-state index contributed by atoms with van der Waals surface area (Å²) in [5, 5.41) is 6.28. The molecule has 0 saturated carbocycles. The fraction of sp³-hybridized carbons (Fsp3) is 0.489. The number of benzene rings is 2. The number of aromatic amines is 2. The Morgan fingerprint density at radius 2 is 1.17 bits per heavy atom. The number of hydrogen-bond donors (Lipinski definition) is 4. The molecule has 9 atom stereocenters. The van der Waals surface area contributed by atoms with Gasteiger partial charge >= 0.3 is 12.2 Å². The lowest BCUT2D eigenvalue weighted by molar-refractivity contribution is -0.139. The number of H-pyrrole nitrogens is 2. The molecule has 0 spiro atoms. The summed E-state index contributed by atoms with van der Waals surface area (Å²) in [4.78, 5) is 73.3. The number of fused-ring (bicyclic) bond motifs is 1. The molecule has 2 aromatic heterocycles. The molecule has 0 unspecified atom stereocenters. The van der Waals surface area contributed by atoms with Crippen molar-refractivity contribution in [2.75, 3.05) is 40.6 Å². The number of carbonyl (C=O) groups is 4. The molecule has 9 rings (SSSR count). The number of nitrogens with zero attached hydrogens (tertiary/aromatic N) is 4. The number of nitrogens with one attached hydrogen (secondary N) is 4. The van der Waals surface area contributed by atoms with Crippen LogP contribution in [-0.4, -0.2) is 119 Å². The number of carbonyl (C=O) groups excluding carboxylic acids is 4. The lowest BCUT2D eigenvalue weighted by Gasteiger charge is -2.36. The van der Waals surface area contributed by atoms with E-state index in [9.17, 15) is 19.2 Å². The Morgan fingerprint density at radius 3 is 1.62 bits per heavy atom. The molecule has 18 heteroatoms. The van der Waals surface area contributed by atoms with Crippen molar-refractivity contribution in [3.8, 4) is 45.5 Å². The molecule has 65 heavy (non-hydrogen) atoms. The summed E-state index contributed by atoms with van der Waals surface area (Å²) < 4.78 is 21.2. The number of methoxy groups -OCH3 is 2. The summed E-state index contributed by atoms with van der Waals surface area (Å²) in [5.74, 6) is 6.64. The highest BCUT2D eigenvalue weighted by Crippen LogP contribution is 2.44. The van der Waals surface area contributed by atoms with Gasteiger partial charge in [0.25, 0.3) is 0 Å². The van der Waals surface area contributed by atoms with E-state index in [0.29, 0.717) is 72.6 Å². The molecule has 4 N–H and O–H groups in total. The van der Waals surface area contributed by atoms with E-state index in [-0.39, 0.29) is 47.7 Å². The van der Waals surface area contributed by atoms with Gasteiger partial charge in [-0.25, -0.2) is 19.6 Å². The monoisotopic (exact) mass is 926 g/mol. The van der Waals surface area contributed by atoms with Crippen molar-refractivity contribution in [2.24, 2.45) is 17.8 Å². The minimum Gasteiger partial charge on any atom is -0.453 e. The highest BCUT2D eigenvalue weighted by atomic mass is 35.5. The minimum atomic E-state index is -0.838. The van der Waals surface area contributed by atoms with Gasteiger partial charge in [-0.1, -0.05) is 83.6 Å². The summed E-state index contributed by atoms with van der Waals surface area (Å²) in [7, 11) is 2.56. The van der Waals surface area contributed by atoms with Gasteiger partial charge in [-0.15, -0.1) is 0 Å². The molecule has 0 radical (unpaired) electrons. The van der Waals surface area contributed by atoms with Crippen LogP contribution < -0.4 is 10.6 Å². The van der Waals surface area contributed by atoms with Crippen LogP contribution in [0.5, 0.6) is 0 Å². The molecule has 4 fully saturated rings. The van der Waals surface area contributed by atoms with Crippen LogP contribution in [0.3, 0.4) is 0 Å². The molecule has 4 amide bonds. The number of rotatable bonds is 11. The maximum atomic E-state index is 14.3. The predicted octanol–water partition coefficient (Wildman–Crippen LogP) is 7.07. The van der Waals surface area contributed by atoms with Crippen molar-refractivity contribution in [1.82, 2.24) is 40.4 Å². The average molecular weight is 928 g/mol. The zero-order valence-corrected chi connectivity index (χ0v) is 37.9. The third kappa shape index (κ3) is 8.91. The normalized spacial score (nSPS) is 25.6. The SMILES string of the molecule is COC(=O)N[C@@H](C(=O)N1[C@H](C)CC[C@H]1c1nc(-c2ccc(-c3ccc(-c4nc([C@@H]5C[C@H]6C#C[C@H]6N5C(=O)[C@H](NC(=O)OC)[C@H]5CCCOC5)[nH]c4Cl)cc3)cc2)c(Cl)[nH]1)[C@H]1CCCOC1. The van der Waals surface area contributed by atoms with Crippen LogP contribution in [0.15, 0.2) is 48.5 Å². The third-order valence-electron chi connectivity index (χ3n) is 13.5. The van der Waals surface area contributed by atoms with E-state index >= 15 is 0 Å². The minimum absolute atomic E-state index is 0.00944. The molecule has 0 bridgehead atoms. The van der Waals surface area contributed by atoms with E-state index in [4.69, 9.17) is 52.1 Å². The predicted molar refractivity (Wildman–Crippen MR) is 240 cm³/mol. The molecule has 2 aromatic carbocycles. The highest BCUT2D eigenvalue weighted by molar-refractivity contribution is 6.32. The zero-order valence-electron chi connectivity index (χ0n) is 36.4. The van der Waals surface area contributed by atoms with Crippen LogP contribution in [0, 0.1) is 29.6 Å². The van der Waals surface area contributed by atoms with E-state index in [1.54, 1.807) is 4.90 Å². The first-order chi connectivity index (χ1) is 31.5. The Hall–Kier alpha value is -5.60. The van der Waals surface area contributed by atoms with Gasteiger partial charge in [-0.3, -0.25) is 9.59 Å². The van der Waals surface area contributed by atoms with Gasteiger partial charge < -0.3 is 49.3 Å². The highest BCUT2D eigenvalue weighted by Gasteiger charge is 2.51. The first kappa shape index (κ1) is 44.6. The number of aromatic nitrogens is 4. The molecule has 6 heterocycles. The Balaban J connectivity index is 0.896. The number of halogens is 2. The zero-order chi connectivity index (χ0) is 45.4. The Kier molecular flexibility index (Phi) is 13.1. The molecule has 4 aliphatic heterocycles. The van der Waals surface area contributed by atoms with Crippen LogP contribution in [-0.2, 0) is 28.5 Å². The van der Waals surface area contributed by atoms with Gasteiger partial charge in [0.1, 0.15) is 51.5 Å². The van der Waals surface area contributed by atoms with Crippen molar-refractivity contribution in [2.45, 2.75) is 88.1 Å². The molecule has 4 aromatic rings. The van der Waals surface area contributed by atoms with Gasteiger partial charge in [-0.05, 0) is 63.0 Å². The largest absolute Gasteiger partial charge is 0.453 e. The molecule has 4 saturated heterocycles. The van der Waals surface area contributed by atoms with Crippen LogP contribution in [0.2, 0.25) is 10.3 Å². The number of likely N-dealkylation sites (tertiary alicyclic amines) is 2. The van der Waals surface area contributed by atoms with Gasteiger partial charge in [0.15, 0.2) is 0 Å². The second kappa shape index (κ2) is 19.1. The van der Waals surface area contributed by atoms with E-state index in [0.717, 1.165) is 54.4 Å². The standard InChI is InChI=1S/C47H52Cl2N8O8/c1-25-8-18-34(56(25)44(58)38(52-46(60)62-2)31-6-4-20-64-23-31)42-50-36(40(48)54-42)28-13-9-26(10-14-28)27-11-15-29(16-12-27)37-41(49)55-43(51-37)35-22-30-17-19-33(30)57(35)45(59)39(53-47(61)63-3)32-7-5-21-65-24-32/h9-16,25,30-35,38-39H,4-8,18,20-24H2,1-3H3,(H,50,54)(H,51,55)(H,52,60)(H,53,61)/t25-,30-,31+,32+,33-,34+,35+,38-,39-/m1/s1. The Bertz CT molecular complexity index is 2470. The van der Waals surface area contributed by atoms with Gasteiger partial charge in [0.2, 0.25) is 11.8 Å². The number of imidazole rings is 2. The van der Waals surface area contributed by atoms with Gasteiger partial charge in [0.05, 0.1) is 45.4 Å². The Labute approximate surface area is 386 Å². The molecule has 16 nitrogen and oxygen atoms in total. The first-order valence-corrected chi connectivity index (χ1v) is 23.0. The molecular weight excluding hydrogens is 875 g/mol. The quantitative estimate of drug-likeness (QED) is 0.113. The number of alkyl carbamates (subject to hydrolysis) is 2. The first-order valence-electron chi connectivity index (χ1n) is 22.2. The van der Waals surface area contributed by atoms with E-state index in [1.165, 1.54) is 14.2 Å². The van der Waals surface area contributed by atoms with Crippen LogP contribution >= 0.6 is 23.2 Å². The topological polar surface area (TPSA) is 193 Å². The lowest BCUT2D eigenvalue weighted by Crippen LogP contribution is -2.56. The van der Waals surface area contributed by atoms with Crippen molar-refractivity contribution >= 4 is 47.2 Å². The molecule has 342 valence electrons. The lowest BCUT2D eigenvalue weighted by atomic mass is 9.90.